The average Bonchev–Trinajstić information content (AvgIpc) is 3.64. The first-order chi connectivity index (χ1) is 18.9. The van der Waals surface area contributed by atoms with E-state index < -0.39 is 0 Å². The number of amides is 2. The maximum atomic E-state index is 13.3. The summed E-state index contributed by atoms with van der Waals surface area (Å²) in [6.07, 6.45) is 7.20. The number of carbonyl (C=O) groups excluding carboxylic acids is 2. The molecule has 3 heterocycles. The van der Waals surface area contributed by atoms with Gasteiger partial charge in [-0.1, -0.05) is 18.2 Å². The monoisotopic (exact) mass is 522 g/mol. The summed E-state index contributed by atoms with van der Waals surface area (Å²) in [6.45, 7) is 3.98. The average molecular weight is 523 g/mol. The van der Waals surface area contributed by atoms with E-state index in [9.17, 15) is 9.59 Å². The number of anilines is 3. The fourth-order valence-corrected chi connectivity index (χ4v) is 4.97. The van der Waals surface area contributed by atoms with Crippen LogP contribution in [-0.4, -0.2) is 39.5 Å². The molecule has 39 heavy (non-hydrogen) atoms. The number of benzene rings is 2. The summed E-state index contributed by atoms with van der Waals surface area (Å²) in [4.78, 5) is 35.0. The van der Waals surface area contributed by atoms with Crippen LogP contribution in [0.1, 0.15) is 55.9 Å². The number of nitrogens with one attached hydrogen (secondary N) is 3. The second-order valence-electron chi connectivity index (χ2n) is 10.1. The molecular weight excluding hydrogens is 492 g/mol. The number of hydrogen-bond donors (Lipinski definition) is 3. The van der Waals surface area contributed by atoms with Crippen LogP contribution >= 0.6 is 0 Å². The first kappa shape index (κ1) is 24.7. The SMILES string of the molecule is COc1cc(C(=O)NC2CC2)ccc1Nc1ncc2c(n1)-n1ccc(C(=O)Nc3c(C)cccc3C)c1CC2. The number of nitrogens with zero attached hydrogens (tertiary/aromatic N) is 3. The molecule has 2 aromatic heterocycles. The Labute approximate surface area is 226 Å². The molecular formula is C30H30N6O3. The van der Waals surface area contributed by atoms with Crippen LogP contribution in [0, 0.1) is 13.8 Å². The van der Waals surface area contributed by atoms with Gasteiger partial charge in [-0.05, 0) is 74.9 Å². The zero-order valence-corrected chi connectivity index (χ0v) is 22.2. The Morgan fingerprint density at radius 3 is 2.56 bits per heavy atom. The quantitative estimate of drug-likeness (QED) is 0.319. The minimum Gasteiger partial charge on any atom is -0.495 e. The van der Waals surface area contributed by atoms with E-state index in [0.717, 1.165) is 53.2 Å². The van der Waals surface area contributed by atoms with Crippen molar-refractivity contribution in [2.75, 3.05) is 17.7 Å². The number of rotatable bonds is 7. The topological polar surface area (TPSA) is 110 Å². The fourth-order valence-electron chi connectivity index (χ4n) is 4.97. The van der Waals surface area contributed by atoms with E-state index in [1.54, 1.807) is 25.3 Å². The lowest BCUT2D eigenvalue weighted by atomic mass is 10.0. The Kier molecular flexibility index (Phi) is 6.26. The van der Waals surface area contributed by atoms with Gasteiger partial charge in [-0.3, -0.25) is 9.59 Å². The van der Waals surface area contributed by atoms with Crippen molar-refractivity contribution >= 4 is 29.1 Å². The van der Waals surface area contributed by atoms with Gasteiger partial charge in [-0.15, -0.1) is 0 Å². The van der Waals surface area contributed by atoms with Crippen LogP contribution in [-0.2, 0) is 12.8 Å². The Balaban J connectivity index is 1.25. The van der Waals surface area contributed by atoms with Crippen molar-refractivity contribution in [1.82, 2.24) is 19.9 Å². The molecule has 3 N–H and O–H groups in total. The van der Waals surface area contributed by atoms with E-state index in [0.29, 0.717) is 34.9 Å². The molecule has 1 saturated carbocycles. The summed E-state index contributed by atoms with van der Waals surface area (Å²) in [7, 11) is 1.56. The van der Waals surface area contributed by atoms with Crippen LogP contribution in [0.2, 0.25) is 0 Å². The van der Waals surface area contributed by atoms with Crippen LogP contribution < -0.4 is 20.7 Å². The molecule has 0 radical (unpaired) electrons. The first-order valence-corrected chi connectivity index (χ1v) is 13.1. The lowest BCUT2D eigenvalue weighted by molar-refractivity contribution is 0.0950. The molecule has 1 aliphatic heterocycles. The highest BCUT2D eigenvalue weighted by Gasteiger charge is 2.26. The number of fused-ring (bicyclic) bond motifs is 3. The summed E-state index contributed by atoms with van der Waals surface area (Å²) in [5, 5.41) is 9.32. The fraction of sp³-hybridized carbons (Fsp3) is 0.267. The van der Waals surface area contributed by atoms with Crippen molar-refractivity contribution < 1.29 is 14.3 Å². The van der Waals surface area contributed by atoms with E-state index in [1.807, 2.05) is 55.1 Å². The van der Waals surface area contributed by atoms with Crippen LogP contribution in [0.4, 0.5) is 17.3 Å². The number of methoxy groups -OCH3 is 1. The molecule has 2 aromatic carbocycles. The zero-order valence-electron chi connectivity index (χ0n) is 22.2. The highest BCUT2D eigenvalue weighted by Crippen LogP contribution is 2.31. The van der Waals surface area contributed by atoms with Gasteiger partial charge < -0.3 is 25.3 Å². The number of ether oxygens (including phenoxy) is 1. The van der Waals surface area contributed by atoms with Gasteiger partial charge in [0.05, 0.1) is 18.4 Å². The summed E-state index contributed by atoms with van der Waals surface area (Å²) in [5.74, 6) is 1.41. The van der Waals surface area contributed by atoms with Gasteiger partial charge in [0.1, 0.15) is 11.6 Å². The van der Waals surface area contributed by atoms with Gasteiger partial charge in [-0.2, -0.15) is 4.98 Å². The minimum atomic E-state index is -0.132. The molecule has 0 saturated heterocycles. The van der Waals surface area contributed by atoms with Crippen molar-refractivity contribution in [3.63, 3.8) is 0 Å². The van der Waals surface area contributed by atoms with Crippen molar-refractivity contribution in [1.29, 1.82) is 0 Å². The highest BCUT2D eigenvalue weighted by atomic mass is 16.5. The summed E-state index contributed by atoms with van der Waals surface area (Å²) in [5.41, 5.74) is 6.64. The van der Waals surface area contributed by atoms with E-state index in [2.05, 4.69) is 20.9 Å². The maximum Gasteiger partial charge on any atom is 0.257 e. The van der Waals surface area contributed by atoms with E-state index >= 15 is 0 Å². The molecule has 6 rings (SSSR count). The molecule has 9 nitrogen and oxygen atoms in total. The smallest absolute Gasteiger partial charge is 0.257 e. The van der Waals surface area contributed by atoms with Gasteiger partial charge in [0.15, 0.2) is 0 Å². The third kappa shape index (κ3) is 4.83. The maximum absolute atomic E-state index is 13.3. The number of para-hydroxylation sites is 1. The van der Waals surface area contributed by atoms with Crippen LogP contribution in [0.15, 0.2) is 54.9 Å². The highest BCUT2D eigenvalue weighted by molar-refractivity contribution is 6.06. The Morgan fingerprint density at radius 1 is 1.03 bits per heavy atom. The normalized spacial score (nSPS) is 13.7. The molecule has 4 aromatic rings. The summed E-state index contributed by atoms with van der Waals surface area (Å²) < 4.78 is 7.51. The third-order valence-corrected chi connectivity index (χ3v) is 7.28. The lowest BCUT2D eigenvalue weighted by Crippen LogP contribution is -2.25. The molecule has 198 valence electrons. The van der Waals surface area contributed by atoms with Crippen LogP contribution in [0.5, 0.6) is 5.75 Å². The first-order valence-electron chi connectivity index (χ1n) is 13.1. The Bertz CT molecular complexity index is 1580. The van der Waals surface area contributed by atoms with Gasteiger partial charge >= 0.3 is 0 Å². The third-order valence-electron chi connectivity index (χ3n) is 7.28. The molecule has 0 bridgehead atoms. The largest absolute Gasteiger partial charge is 0.495 e. The Hall–Kier alpha value is -4.66. The van der Waals surface area contributed by atoms with Gasteiger partial charge in [0.2, 0.25) is 5.95 Å². The molecule has 0 unspecified atom stereocenters. The van der Waals surface area contributed by atoms with Crippen molar-refractivity contribution in [2.24, 2.45) is 0 Å². The van der Waals surface area contributed by atoms with Crippen LogP contribution in [0.25, 0.3) is 5.82 Å². The molecule has 0 spiro atoms. The number of carbonyl (C=O) groups is 2. The van der Waals surface area contributed by atoms with Crippen LogP contribution in [0.3, 0.4) is 0 Å². The van der Waals surface area contributed by atoms with E-state index in [-0.39, 0.29) is 17.9 Å². The van der Waals surface area contributed by atoms with Gasteiger partial charge in [-0.25, -0.2) is 4.98 Å². The van der Waals surface area contributed by atoms with Crippen molar-refractivity contribution in [3.8, 4) is 11.6 Å². The summed E-state index contributed by atoms with van der Waals surface area (Å²) in [6, 6.07) is 13.4. The predicted octanol–water partition coefficient (Wildman–Crippen LogP) is 4.88. The van der Waals surface area contributed by atoms with E-state index in [4.69, 9.17) is 9.72 Å². The van der Waals surface area contributed by atoms with Crippen molar-refractivity contribution in [3.05, 3.63) is 88.4 Å². The van der Waals surface area contributed by atoms with Crippen molar-refractivity contribution in [2.45, 2.75) is 45.6 Å². The van der Waals surface area contributed by atoms with Gasteiger partial charge in [0, 0.05) is 40.9 Å². The molecule has 1 aliphatic carbocycles. The molecule has 2 amide bonds. The second kappa shape index (κ2) is 9.90. The summed E-state index contributed by atoms with van der Waals surface area (Å²) >= 11 is 0. The Morgan fingerprint density at radius 2 is 1.82 bits per heavy atom. The van der Waals surface area contributed by atoms with Gasteiger partial charge in [0.25, 0.3) is 11.8 Å². The number of aromatic nitrogens is 3. The minimum absolute atomic E-state index is 0.107. The predicted molar refractivity (Wildman–Crippen MR) is 149 cm³/mol. The lowest BCUT2D eigenvalue weighted by Gasteiger charge is -2.20. The number of aryl methyl sites for hydroxylation is 3. The zero-order chi connectivity index (χ0) is 27.1. The number of hydrogen-bond acceptors (Lipinski definition) is 6. The standard InChI is InChI=1S/C30H30N6O3/c1-17-5-4-6-18(2)26(17)34-29(38)22-13-14-36-24(22)12-8-20-16-31-30(35-27(20)36)33-23-11-7-19(15-25(23)39-3)28(37)32-21-9-10-21/h4-7,11,13-16,21H,8-10,12H2,1-3H3,(H,32,37)(H,34,38)(H,31,33,35). The molecule has 1 fully saturated rings. The second-order valence-corrected chi connectivity index (χ2v) is 10.1. The van der Waals surface area contributed by atoms with E-state index in [1.165, 1.54) is 0 Å². The molecule has 9 heteroatoms. The molecule has 0 atom stereocenters. The molecule has 2 aliphatic rings.